The van der Waals surface area contributed by atoms with Gasteiger partial charge in [-0.1, -0.05) is 18.2 Å². The van der Waals surface area contributed by atoms with E-state index in [4.69, 9.17) is 10.5 Å². The molecule has 0 aliphatic carbocycles. The van der Waals surface area contributed by atoms with Crippen molar-refractivity contribution in [3.8, 4) is 22.2 Å². The summed E-state index contributed by atoms with van der Waals surface area (Å²) in [6.07, 6.45) is 4.90. The molecule has 2 aromatic carbocycles. The van der Waals surface area contributed by atoms with Crippen LogP contribution in [0.1, 0.15) is 18.4 Å². The van der Waals surface area contributed by atoms with Crippen molar-refractivity contribution in [3.63, 3.8) is 0 Å². The van der Waals surface area contributed by atoms with Gasteiger partial charge in [-0.25, -0.2) is 4.98 Å². The first-order chi connectivity index (χ1) is 12.8. The molecular weight excluding hydrogens is 342 g/mol. The van der Waals surface area contributed by atoms with Crippen LogP contribution in [0.4, 0.5) is 0 Å². The van der Waals surface area contributed by atoms with E-state index in [2.05, 4.69) is 22.1 Å². The molecule has 0 fully saturated rings. The summed E-state index contributed by atoms with van der Waals surface area (Å²) in [4.78, 5) is 8.04. The van der Waals surface area contributed by atoms with Crippen LogP contribution in [0, 0.1) is 0 Å². The van der Waals surface area contributed by atoms with Crippen molar-refractivity contribution < 1.29 is 4.74 Å². The van der Waals surface area contributed by atoms with Gasteiger partial charge in [-0.2, -0.15) is 0 Å². The van der Waals surface area contributed by atoms with E-state index in [-0.39, 0.29) is 0 Å². The molecule has 4 aromatic rings. The Labute approximate surface area is 156 Å². The zero-order valence-electron chi connectivity index (χ0n) is 14.4. The van der Waals surface area contributed by atoms with Gasteiger partial charge >= 0.3 is 0 Å². The van der Waals surface area contributed by atoms with E-state index in [0.29, 0.717) is 0 Å². The van der Waals surface area contributed by atoms with Crippen LogP contribution in [0.5, 0.6) is 11.5 Å². The Morgan fingerprint density at radius 2 is 1.92 bits per heavy atom. The SMILES string of the molecule is NCCCCc1c(-c2nccs2)[nH]c2ccc(Oc3ccccc3)cc12. The average Bonchev–Trinajstić information content (AvgIpc) is 3.31. The molecule has 0 aliphatic rings. The molecule has 132 valence electrons. The number of hydrogen-bond donors (Lipinski definition) is 2. The Hall–Kier alpha value is -2.63. The van der Waals surface area contributed by atoms with Crippen LogP contribution in [0.25, 0.3) is 21.6 Å². The lowest BCUT2D eigenvalue weighted by Gasteiger charge is -2.06. The summed E-state index contributed by atoms with van der Waals surface area (Å²) in [5.74, 6) is 1.68. The molecular formula is C21H21N3OS. The number of unbranched alkanes of at least 4 members (excludes halogenated alkanes) is 1. The lowest BCUT2D eigenvalue weighted by Crippen LogP contribution is -1.99. The number of ether oxygens (including phenoxy) is 1. The highest BCUT2D eigenvalue weighted by atomic mass is 32.1. The summed E-state index contributed by atoms with van der Waals surface area (Å²) in [6, 6.07) is 16.1. The largest absolute Gasteiger partial charge is 0.457 e. The summed E-state index contributed by atoms with van der Waals surface area (Å²) < 4.78 is 6.02. The third-order valence-electron chi connectivity index (χ3n) is 4.38. The van der Waals surface area contributed by atoms with Gasteiger partial charge in [0.05, 0.1) is 5.69 Å². The Morgan fingerprint density at radius 3 is 2.69 bits per heavy atom. The maximum Gasteiger partial charge on any atom is 0.139 e. The molecule has 4 rings (SSSR count). The molecule has 0 atom stereocenters. The van der Waals surface area contributed by atoms with E-state index < -0.39 is 0 Å². The van der Waals surface area contributed by atoms with Gasteiger partial charge in [0.15, 0.2) is 0 Å². The fourth-order valence-corrected chi connectivity index (χ4v) is 3.81. The van der Waals surface area contributed by atoms with E-state index in [1.807, 2.05) is 48.0 Å². The molecule has 2 heterocycles. The molecule has 4 nitrogen and oxygen atoms in total. The molecule has 0 radical (unpaired) electrons. The van der Waals surface area contributed by atoms with Gasteiger partial charge in [-0.3, -0.25) is 0 Å². The Morgan fingerprint density at radius 1 is 1.04 bits per heavy atom. The Bertz CT molecular complexity index is 977. The quantitative estimate of drug-likeness (QED) is 0.434. The number of para-hydroxylation sites is 1. The number of aromatic amines is 1. The summed E-state index contributed by atoms with van der Waals surface area (Å²) >= 11 is 1.65. The van der Waals surface area contributed by atoms with Gasteiger partial charge in [0.2, 0.25) is 0 Å². The molecule has 26 heavy (non-hydrogen) atoms. The number of nitrogens with one attached hydrogen (secondary N) is 1. The lowest BCUT2D eigenvalue weighted by molar-refractivity contribution is 0.483. The maximum atomic E-state index is 6.02. The molecule has 0 saturated heterocycles. The standard InChI is InChI=1S/C21H21N3OS/c22-11-5-4-8-17-18-14-16(25-15-6-2-1-3-7-15)9-10-19(18)24-20(17)21-23-12-13-26-21/h1-3,6-7,9-10,12-14,24H,4-5,8,11,22H2. The van der Waals surface area contributed by atoms with Crippen LogP contribution < -0.4 is 10.5 Å². The highest BCUT2D eigenvalue weighted by Crippen LogP contribution is 2.35. The van der Waals surface area contributed by atoms with Gasteiger partial charge in [0.1, 0.15) is 16.5 Å². The molecule has 5 heteroatoms. The number of thiazole rings is 1. The summed E-state index contributed by atoms with van der Waals surface area (Å²) in [5.41, 5.74) is 9.20. The Kier molecular flexibility index (Phi) is 5.00. The number of rotatable bonds is 7. The van der Waals surface area contributed by atoms with Crippen LogP contribution >= 0.6 is 11.3 Å². The predicted octanol–water partition coefficient (Wildman–Crippen LogP) is 5.37. The molecule has 0 unspecified atom stereocenters. The first kappa shape index (κ1) is 16.8. The van der Waals surface area contributed by atoms with Crippen LogP contribution in [-0.2, 0) is 6.42 Å². The van der Waals surface area contributed by atoms with Gasteiger partial charge in [-0.05, 0) is 61.7 Å². The van der Waals surface area contributed by atoms with Crippen LogP contribution in [0.2, 0.25) is 0 Å². The van der Waals surface area contributed by atoms with E-state index in [0.717, 1.165) is 53.5 Å². The number of hydrogen-bond acceptors (Lipinski definition) is 4. The molecule has 0 amide bonds. The van der Waals surface area contributed by atoms with Crippen LogP contribution in [0.3, 0.4) is 0 Å². The van der Waals surface area contributed by atoms with E-state index in [1.165, 1.54) is 10.9 Å². The highest BCUT2D eigenvalue weighted by molar-refractivity contribution is 7.13. The second-order valence-electron chi connectivity index (χ2n) is 6.18. The first-order valence-corrected chi connectivity index (χ1v) is 9.70. The normalized spacial score (nSPS) is 11.1. The van der Waals surface area contributed by atoms with E-state index in [9.17, 15) is 0 Å². The maximum absolute atomic E-state index is 6.02. The number of benzene rings is 2. The van der Waals surface area contributed by atoms with Crippen molar-refractivity contribution in [2.45, 2.75) is 19.3 Å². The van der Waals surface area contributed by atoms with Gasteiger partial charge < -0.3 is 15.5 Å². The zero-order valence-corrected chi connectivity index (χ0v) is 15.3. The number of aryl methyl sites for hydroxylation is 1. The number of aromatic nitrogens is 2. The van der Waals surface area contributed by atoms with Crippen molar-refractivity contribution in [1.82, 2.24) is 9.97 Å². The fourth-order valence-electron chi connectivity index (χ4n) is 3.15. The van der Waals surface area contributed by atoms with Crippen molar-refractivity contribution in [2.75, 3.05) is 6.54 Å². The van der Waals surface area contributed by atoms with Crippen molar-refractivity contribution >= 4 is 22.2 Å². The average molecular weight is 363 g/mol. The van der Waals surface area contributed by atoms with Crippen LogP contribution in [0.15, 0.2) is 60.1 Å². The van der Waals surface area contributed by atoms with Crippen molar-refractivity contribution in [2.24, 2.45) is 5.73 Å². The molecule has 0 saturated carbocycles. The fraction of sp³-hybridized carbons (Fsp3) is 0.190. The Balaban J connectivity index is 1.74. The monoisotopic (exact) mass is 363 g/mol. The van der Waals surface area contributed by atoms with Crippen molar-refractivity contribution in [3.05, 3.63) is 65.7 Å². The minimum atomic E-state index is 0.720. The molecule has 3 N–H and O–H groups in total. The van der Waals surface area contributed by atoms with E-state index in [1.54, 1.807) is 11.3 Å². The second kappa shape index (κ2) is 7.72. The number of nitrogens with two attached hydrogens (primary N) is 1. The predicted molar refractivity (Wildman–Crippen MR) is 108 cm³/mol. The summed E-state index contributed by atoms with van der Waals surface area (Å²) in [5, 5.41) is 4.23. The third-order valence-corrected chi connectivity index (χ3v) is 5.17. The summed E-state index contributed by atoms with van der Waals surface area (Å²) in [7, 11) is 0. The third kappa shape index (κ3) is 3.49. The number of nitrogens with zero attached hydrogens (tertiary/aromatic N) is 1. The first-order valence-electron chi connectivity index (χ1n) is 8.82. The van der Waals surface area contributed by atoms with Crippen LogP contribution in [-0.4, -0.2) is 16.5 Å². The smallest absolute Gasteiger partial charge is 0.139 e. The molecule has 0 aliphatic heterocycles. The van der Waals surface area contributed by atoms with Crippen molar-refractivity contribution in [1.29, 1.82) is 0 Å². The minimum absolute atomic E-state index is 0.720. The summed E-state index contributed by atoms with van der Waals surface area (Å²) in [6.45, 7) is 0.720. The van der Waals surface area contributed by atoms with E-state index >= 15 is 0 Å². The highest BCUT2D eigenvalue weighted by Gasteiger charge is 2.15. The lowest BCUT2D eigenvalue weighted by atomic mass is 10.0. The number of H-pyrrole nitrogens is 1. The van der Waals surface area contributed by atoms with Gasteiger partial charge in [-0.15, -0.1) is 11.3 Å². The molecule has 0 bridgehead atoms. The second-order valence-corrected chi connectivity index (χ2v) is 7.08. The molecule has 0 spiro atoms. The minimum Gasteiger partial charge on any atom is -0.457 e. The molecule has 2 aromatic heterocycles. The number of fused-ring (bicyclic) bond motifs is 1. The van der Waals surface area contributed by atoms with Gasteiger partial charge in [0.25, 0.3) is 0 Å². The van der Waals surface area contributed by atoms with Gasteiger partial charge in [0, 0.05) is 22.5 Å². The zero-order chi connectivity index (χ0) is 17.8. The topological polar surface area (TPSA) is 63.9 Å².